The van der Waals surface area contributed by atoms with E-state index in [9.17, 15) is 0 Å². The topological polar surface area (TPSA) is 26.0 Å². The van der Waals surface area contributed by atoms with E-state index in [1.165, 1.54) is 21.6 Å². The molecule has 0 heterocycles. The van der Waals surface area contributed by atoms with Crippen molar-refractivity contribution in [2.45, 2.75) is 43.9 Å². The van der Waals surface area contributed by atoms with E-state index in [1.54, 1.807) is 0 Å². The van der Waals surface area contributed by atoms with Crippen LogP contribution >= 0.6 is 11.8 Å². The molecule has 2 rings (SSSR count). The normalized spacial score (nSPS) is 14.2. The van der Waals surface area contributed by atoms with Crippen LogP contribution in [0.2, 0.25) is 0 Å². The van der Waals surface area contributed by atoms with Gasteiger partial charge in [-0.2, -0.15) is 0 Å². The van der Waals surface area contributed by atoms with Gasteiger partial charge in [-0.05, 0) is 37.0 Å². The zero-order valence-corrected chi connectivity index (χ0v) is 14.2. The molecule has 0 bridgehead atoms. The lowest BCUT2D eigenvalue weighted by molar-refractivity contribution is 0.527. The summed E-state index contributed by atoms with van der Waals surface area (Å²) in [4.78, 5) is 1.35. The second kappa shape index (κ2) is 7.15. The van der Waals surface area contributed by atoms with Gasteiger partial charge in [0, 0.05) is 16.2 Å². The smallest absolute Gasteiger partial charge is 0.0421 e. The number of benzene rings is 2. The second-order valence-electron chi connectivity index (χ2n) is 6.03. The van der Waals surface area contributed by atoms with Crippen molar-refractivity contribution >= 4 is 11.8 Å². The Morgan fingerprint density at radius 1 is 0.952 bits per heavy atom. The summed E-state index contributed by atoms with van der Waals surface area (Å²) in [6, 6.07) is 17.1. The Balaban J connectivity index is 2.25. The Hall–Kier alpha value is -1.25. The van der Waals surface area contributed by atoms with Crippen LogP contribution in [0, 0.1) is 19.8 Å². The van der Waals surface area contributed by atoms with Gasteiger partial charge in [-0.15, -0.1) is 11.8 Å². The van der Waals surface area contributed by atoms with Gasteiger partial charge in [0.2, 0.25) is 0 Å². The summed E-state index contributed by atoms with van der Waals surface area (Å²) >= 11 is 1.92. The molecule has 0 amide bonds. The first-order valence-corrected chi connectivity index (χ1v) is 8.41. The van der Waals surface area contributed by atoms with Crippen molar-refractivity contribution in [3.8, 4) is 0 Å². The minimum absolute atomic E-state index is 0.0520. The van der Waals surface area contributed by atoms with Crippen LogP contribution in [0.5, 0.6) is 0 Å². The maximum absolute atomic E-state index is 6.56. The fourth-order valence-corrected chi connectivity index (χ4v) is 3.85. The monoisotopic (exact) mass is 299 g/mol. The van der Waals surface area contributed by atoms with E-state index in [2.05, 4.69) is 70.2 Å². The highest BCUT2D eigenvalue weighted by Gasteiger charge is 2.24. The molecule has 0 saturated heterocycles. The Bertz CT molecular complexity index is 577. The van der Waals surface area contributed by atoms with Crippen LogP contribution < -0.4 is 5.73 Å². The second-order valence-corrected chi connectivity index (χ2v) is 7.25. The average Bonchev–Trinajstić information content (AvgIpc) is 2.48. The summed E-state index contributed by atoms with van der Waals surface area (Å²) in [6.07, 6.45) is 0. The molecule has 2 atom stereocenters. The van der Waals surface area contributed by atoms with Gasteiger partial charge in [-0.3, -0.25) is 0 Å². The SMILES string of the molecule is Cc1ccc(C)c(SC(C(C)C)C(N)c2ccccc2)c1. The Kier molecular flexibility index (Phi) is 5.49. The van der Waals surface area contributed by atoms with Gasteiger partial charge in [-0.25, -0.2) is 0 Å². The first kappa shape index (κ1) is 16.1. The first-order chi connectivity index (χ1) is 9.99. The van der Waals surface area contributed by atoms with Gasteiger partial charge < -0.3 is 5.73 Å². The van der Waals surface area contributed by atoms with Crippen LogP contribution in [0.4, 0.5) is 0 Å². The molecule has 2 N–H and O–H groups in total. The Labute approximate surface area is 133 Å². The lowest BCUT2D eigenvalue weighted by Crippen LogP contribution is -2.28. The molecule has 2 unspecified atom stereocenters. The van der Waals surface area contributed by atoms with Crippen LogP contribution in [-0.2, 0) is 0 Å². The summed E-state index contributed by atoms with van der Waals surface area (Å²) in [5, 5.41) is 0.368. The summed E-state index contributed by atoms with van der Waals surface area (Å²) in [5.41, 5.74) is 10.4. The highest BCUT2D eigenvalue weighted by molar-refractivity contribution is 8.00. The number of rotatable bonds is 5. The van der Waals surface area contributed by atoms with Crippen LogP contribution in [0.25, 0.3) is 0 Å². The summed E-state index contributed by atoms with van der Waals surface area (Å²) < 4.78 is 0. The first-order valence-electron chi connectivity index (χ1n) is 7.53. The van der Waals surface area contributed by atoms with E-state index < -0.39 is 0 Å². The third kappa shape index (κ3) is 4.12. The number of hydrogen-bond donors (Lipinski definition) is 1. The third-order valence-electron chi connectivity index (χ3n) is 3.80. The van der Waals surface area contributed by atoms with E-state index in [1.807, 2.05) is 17.8 Å². The predicted octanol–water partition coefficient (Wildman–Crippen LogP) is 5.12. The summed E-state index contributed by atoms with van der Waals surface area (Å²) in [7, 11) is 0. The molecule has 0 aromatic heterocycles. The molecule has 0 aliphatic rings. The lowest BCUT2D eigenvalue weighted by Gasteiger charge is -2.28. The van der Waals surface area contributed by atoms with Crippen molar-refractivity contribution in [1.82, 2.24) is 0 Å². The largest absolute Gasteiger partial charge is 0.323 e. The van der Waals surface area contributed by atoms with Crippen LogP contribution in [0.1, 0.15) is 36.6 Å². The molecule has 0 aliphatic carbocycles. The van der Waals surface area contributed by atoms with Crippen LogP contribution in [0.3, 0.4) is 0 Å². The Morgan fingerprint density at radius 3 is 2.24 bits per heavy atom. The quantitative estimate of drug-likeness (QED) is 0.775. The highest BCUT2D eigenvalue weighted by Crippen LogP contribution is 2.37. The molecule has 2 heteroatoms. The molecule has 112 valence electrons. The lowest BCUT2D eigenvalue weighted by atomic mass is 9.97. The molecule has 2 aromatic rings. The fraction of sp³-hybridized carbons (Fsp3) is 0.368. The summed E-state index contributed by atoms with van der Waals surface area (Å²) in [5.74, 6) is 0.519. The van der Waals surface area contributed by atoms with Gasteiger partial charge in [-0.1, -0.05) is 61.9 Å². The maximum Gasteiger partial charge on any atom is 0.0421 e. The highest BCUT2D eigenvalue weighted by atomic mass is 32.2. The zero-order chi connectivity index (χ0) is 15.4. The van der Waals surface area contributed by atoms with Crippen LogP contribution in [0.15, 0.2) is 53.4 Å². The minimum Gasteiger partial charge on any atom is -0.323 e. The zero-order valence-electron chi connectivity index (χ0n) is 13.3. The van der Waals surface area contributed by atoms with Crippen molar-refractivity contribution in [3.63, 3.8) is 0 Å². The summed E-state index contributed by atoms with van der Waals surface area (Å²) in [6.45, 7) is 8.83. The van der Waals surface area contributed by atoms with Crippen molar-refractivity contribution in [1.29, 1.82) is 0 Å². The van der Waals surface area contributed by atoms with Crippen molar-refractivity contribution in [3.05, 3.63) is 65.2 Å². The average molecular weight is 299 g/mol. The molecular weight excluding hydrogens is 274 g/mol. The molecule has 0 spiro atoms. The minimum atomic E-state index is 0.0520. The molecule has 2 aromatic carbocycles. The molecule has 0 saturated carbocycles. The van der Waals surface area contributed by atoms with Gasteiger partial charge >= 0.3 is 0 Å². The van der Waals surface area contributed by atoms with Gasteiger partial charge in [0.05, 0.1) is 0 Å². The van der Waals surface area contributed by atoms with Crippen molar-refractivity contribution in [2.75, 3.05) is 0 Å². The number of aryl methyl sites for hydroxylation is 2. The van der Waals surface area contributed by atoms with E-state index in [-0.39, 0.29) is 6.04 Å². The van der Waals surface area contributed by atoms with E-state index in [0.717, 1.165) is 0 Å². The maximum atomic E-state index is 6.56. The van der Waals surface area contributed by atoms with E-state index in [0.29, 0.717) is 11.2 Å². The third-order valence-corrected chi connectivity index (χ3v) is 5.61. The Morgan fingerprint density at radius 2 is 1.62 bits per heavy atom. The number of thioether (sulfide) groups is 1. The van der Waals surface area contributed by atoms with Crippen LogP contribution in [-0.4, -0.2) is 5.25 Å². The van der Waals surface area contributed by atoms with Crippen molar-refractivity contribution < 1.29 is 0 Å². The number of hydrogen-bond acceptors (Lipinski definition) is 2. The molecular formula is C19H25NS. The van der Waals surface area contributed by atoms with Gasteiger partial charge in [0.1, 0.15) is 0 Å². The number of nitrogens with two attached hydrogens (primary N) is 1. The van der Waals surface area contributed by atoms with Crippen molar-refractivity contribution in [2.24, 2.45) is 11.7 Å². The predicted molar refractivity (Wildman–Crippen MR) is 93.8 cm³/mol. The fourth-order valence-electron chi connectivity index (χ4n) is 2.47. The molecule has 0 fully saturated rings. The van der Waals surface area contributed by atoms with Gasteiger partial charge in [0.25, 0.3) is 0 Å². The molecule has 1 nitrogen and oxygen atoms in total. The van der Waals surface area contributed by atoms with Gasteiger partial charge in [0.15, 0.2) is 0 Å². The standard InChI is InChI=1S/C19H25NS/c1-13(2)19(18(20)16-8-6-5-7-9-16)21-17-12-14(3)10-11-15(17)4/h5-13,18-19H,20H2,1-4H3. The molecule has 21 heavy (non-hydrogen) atoms. The molecule has 0 aliphatic heterocycles. The van der Waals surface area contributed by atoms with E-state index in [4.69, 9.17) is 5.73 Å². The molecule has 0 radical (unpaired) electrons. The van der Waals surface area contributed by atoms with E-state index >= 15 is 0 Å².